The van der Waals surface area contributed by atoms with Crippen molar-refractivity contribution in [2.45, 2.75) is 70.4 Å². The maximum Gasteiger partial charge on any atom is 0.0897 e. The highest BCUT2D eigenvalue weighted by atomic mass is 16.3. The fraction of sp³-hybridized carbons (Fsp3) is 0.667. The average molecular weight is 295 g/mol. The van der Waals surface area contributed by atoms with E-state index in [-0.39, 0.29) is 6.61 Å². The zero-order valence-corrected chi connectivity index (χ0v) is 13.5. The van der Waals surface area contributed by atoms with E-state index in [0.717, 1.165) is 6.42 Å². The van der Waals surface area contributed by atoms with Gasteiger partial charge in [-0.25, -0.2) is 0 Å². The van der Waals surface area contributed by atoms with E-state index in [1.54, 1.807) is 12.2 Å². The molecule has 0 aromatic heterocycles. The zero-order chi connectivity index (χ0) is 15.8. The Kier molecular flexibility index (Phi) is 14.8. The summed E-state index contributed by atoms with van der Waals surface area (Å²) in [6, 6.07) is -0.609. The Labute approximate surface area is 130 Å². The maximum absolute atomic E-state index is 9.47. The van der Waals surface area contributed by atoms with Crippen molar-refractivity contribution in [1.82, 2.24) is 0 Å². The van der Waals surface area contributed by atoms with E-state index in [1.807, 2.05) is 18.2 Å². The molecular formula is C18H33NO2. The standard InChI is InChI=1S/C18H33NO2/c1-2-3-4-5-6-7-8-9-10-11-12-13-14-15-18(21)17(19)16-20/h10-15,17-18,20-21H,2-9,16,19H2,1H3/b11-10+,13-12+,15-14+/t17-,18?/m0/s1. The molecule has 0 aliphatic rings. The predicted octanol–water partition coefficient (Wildman–Crippen LogP) is 3.48. The first kappa shape index (κ1) is 20.1. The van der Waals surface area contributed by atoms with E-state index >= 15 is 0 Å². The molecule has 21 heavy (non-hydrogen) atoms. The van der Waals surface area contributed by atoms with Crippen molar-refractivity contribution in [3.05, 3.63) is 36.5 Å². The second-order valence-corrected chi connectivity index (χ2v) is 5.44. The lowest BCUT2D eigenvalue weighted by Crippen LogP contribution is -2.36. The third-order valence-corrected chi connectivity index (χ3v) is 3.40. The summed E-state index contributed by atoms with van der Waals surface area (Å²) >= 11 is 0. The summed E-state index contributed by atoms with van der Waals surface area (Å²) in [5.74, 6) is 0. The third kappa shape index (κ3) is 13.8. The van der Waals surface area contributed by atoms with Crippen LogP contribution in [0.2, 0.25) is 0 Å². The molecule has 1 unspecified atom stereocenters. The Morgan fingerprint density at radius 1 is 0.905 bits per heavy atom. The molecular weight excluding hydrogens is 262 g/mol. The van der Waals surface area contributed by atoms with Gasteiger partial charge in [0.15, 0.2) is 0 Å². The second-order valence-electron chi connectivity index (χ2n) is 5.44. The van der Waals surface area contributed by atoms with Crippen LogP contribution < -0.4 is 5.73 Å². The van der Waals surface area contributed by atoms with Crippen LogP contribution in [0.1, 0.15) is 58.3 Å². The Balaban J connectivity index is 3.50. The van der Waals surface area contributed by atoms with Crippen LogP contribution in [0.25, 0.3) is 0 Å². The van der Waals surface area contributed by atoms with Gasteiger partial charge in [-0.15, -0.1) is 0 Å². The van der Waals surface area contributed by atoms with Crippen LogP contribution in [-0.2, 0) is 0 Å². The van der Waals surface area contributed by atoms with Gasteiger partial charge in [0.1, 0.15) is 0 Å². The quantitative estimate of drug-likeness (QED) is 0.360. The van der Waals surface area contributed by atoms with Crippen molar-refractivity contribution in [2.75, 3.05) is 6.61 Å². The molecule has 3 nitrogen and oxygen atoms in total. The molecule has 0 heterocycles. The predicted molar refractivity (Wildman–Crippen MR) is 91.1 cm³/mol. The Morgan fingerprint density at radius 2 is 1.52 bits per heavy atom. The lowest BCUT2D eigenvalue weighted by atomic mass is 10.1. The SMILES string of the molecule is CCCCCCCCC/C=C/C=C/C=C/C(O)[C@@H](N)CO. The van der Waals surface area contributed by atoms with Crippen LogP contribution in [0.3, 0.4) is 0 Å². The molecule has 0 aromatic rings. The summed E-state index contributed by atoms with van der Waals surface area (Å²) in [4.78, 5) is 0. The van der Waals surface area contributed by atoms with Gasteiger partial charge in [0.2, 0.25) is 0 Å². The van der Waals surface area contributed by atoms with Crippen LogP contribution in [0.15, 0.2) is 36.5 Å². The summed E-state index contributed by atoms with van der Waals surface area (Å²) < 4.78 is 0. The van der Waals surface area contributed by atoms with Gasteiger partial charge in [-0.1, -0.05) is 81.9 Å². The van der Waals surface area contributed by atoms with Gasteiger partial charge in [-0.05, 0) is 12.8 Å². The molecule has 0 radical (unpaired) electrons. The molecule has 0 aromatic carbocycles. The number of unbranched alkanes of at least 4 members (excludes halogenated alkanes) is 7. The molecule has 2 atom stereocenters. The van der Waals surface area contributed by atoms with Crippen molar-refractivity contribution in [3.63, 3.8) is 0 Å². The minimum absolute atomic E-state index is 0.215. The smallest absolute Gasteiger partial charge is 0.0897 e. The summed E-state index contributed by atoms with van der Waals surface area (Å²) in [5, 5.41) is 18.2. The van der Waals surface area contributed by atoms with Crippen molar-refractivity contribution < 1.29 is 10.2 Å². The lowest BCUT2D eigenvalue weighted by molar-refractivity contribution is 0.144. The first-order valence-corrected chi connectivity index (χ1v) is 8.26. The highest BCUT2D eigenvalue weighted by Gasteiger charge is 2.08. The summed E-state index contributed by atoms with van der Waals surface area (Å²) in [5.41, 5.74) is 5.47. The van der Waals surface area contributed by atoms with E-state index in [0.29, 0.717) is 0 Å². The summed E-state index contributed by atoms with van der Waals surface area (Å²) in [7, 11) is 0. The highest BCUT2D eigenvalue weighted by Crippen LogP contribution is 2.08. The largest absolute Gasteiger partial charge is 0.395 e. The average Bonchev–Trinajstić information content (AvgIpc) is 2.50. The van der Waals surface area contributed by atoms with Crippen LogP contribution in [-0.4, -0.2) is 29.0 Å². The van der Waals surface area contributed by atoms with E-state index in [9.17, 15) is 5.11 Å². The van der Waals surface area contributed by atoms with Crippen LogP contribution >= 0.6 is 0 Å². The van der Waals surface area contributed by atoms with Gasteiger partial charge in [0, 0.05) is 0 Å². The molecule has 0 saturated heterocycles. The first-order valence-electron chi connectivity index (χ1n) is 8.26. The van der Waals surface area contributed by atoms with Crippen LogP contribution in [0.5, 0.6) is 0 Å². The number of aliphatic hydroxyl groups is 2. The molecule has 0 aliphatic carbocycles. The normalized spacial score (nSPS) is 15.4. The van der Waals surface area contributed by atoms with Crippen molar-refractivity contribution in [1.29, 1.82) is 0 Å². The molecule has 0 rings (SSSR count). The number of nitrogens with two attached hydrogens (primary N) is 1. The van der Waals surface area contributed by atoms with Crippen molar-refractivity contribution in [2.24, 2.45) is 5.73 Å². The van der Waals surface area contributed by atoms with Crippen LogP contribution in [0.4, 0.5) is 0 Å². The number of hydrogen-bond donors (Lipinski definition) is 3. The topological polar surface area (TPSA) is 66.5 Å². The van der Waals surface area contributed by atoms with Gasteiger partial charge in [0.05, 0.1) is 18.8 Å². The summed E-state index contributed by atoms with van der Waals surface area (Å²) in [6.07, 6.45) is 21.0. The molecule has 4 N–H and O–H groups in total. The minimum Gasteiger partial charge on any atom is -0.395 e. The van der Waals surface area contributed by atoms with Gasteiger partial charge >= 0.3 is 0 Å². The van der Waals surface area contributed by atoms with Crippen molar-refractivity contribution in [3.8, 4) is 0 Å². The maximum atomic E-state index is 9.47. The lowest BCUT2D eigenvalue weighted by Gasteiger charge is -2.11. The molecule has 0 amide bonds. The third-order valence-electron chi connectivity index (χ3n) is 3.40. The van der Waals surface area contributed by atoms with Crippen LogP contribution in [0, 0.1) is 0 Å². The Morgan fingerprint density at radius 3 is 2.19 bits per heavy atom. The highest BCUT2D eigenvalue weighted by molar-refractivity contribution is 5.12. The van der Waals surface area contributed by atoms with Gasteiger partial charge in [0.25, 0.3) is 0 Å². The van der Waals surface area contributed by atoms with Crippen molar-refractivity contribution >= 4 is 0 Å². The zero-order valence-electron chi connectivity index (χ0n) is 13.5. The first-order chi connectivity index (χ1) is 10.2. The molecule has 0 fully saturated rings. The Bertz CT molecular complexity index is 298. The molecule has 0 aliphatic heterocycles. The van der Waals surface area contributed by atoms with E-state index < -0.39 is 12.1 Å². The molecule has 0 bridgehead atoms. The fourth-order valence-electron chi connectivity index (χ4n) is 1.95. The summed E-state index contributed by atoms with van der Waals surface area (Å²) in [6.45, 7) is 2.03. The number of allylic oxidation sites excluding steroid dienone is 5. The fourth-order valence-corrected chi connectivity index (χ4v) is 1.95. The van der Waals surface area contributed by atoms with E-state index in [4.69, 9.17) is 10.8 Å². The minimum atomic E-state index is -0.795. The monoisotopic (exact) mass is 295 g/mol. The van der Waals surface area contributed by atoms with E-state index in [1.165, 1.54) is 44.9 Å². The molecule has 0 spiro atoms. The molecule has 3 heteroatoms. The number of aliphatic hydroxyl groups excluding tert-OH is 2. The molecule has 0 saturated carbocycles. The molecule has 122 valence electrons. The van der Waals surface area contributed by atoms with Gasteiger partial charge < -0.3 is 15.9 Å². The second kappa shape index (κ2) is 15.5. The Hall–Kier alpha value is -0.900. The number of hydrogen-bond acceptors (Lipinski definition) is 3. The van der Waals surface area contributed by atoms with Gasteiger partial charge in [-0.3, -0.25) is 0 Å². The van der Waals surface area contributed by atoms with Gasteiger partial charge in [-0.2, -0.15) is 0 Å². The number of rotatable bonds is 13. The van der Waals surface area contributed by atoms with E-state index in [2.05, 4.69) is 13.0 Å².